The van der Waals surface area contributed by atoms with E-state index in [1.807, 2.05) is 36.4 Å². The van der Waals surface area contributed by atoms with Crippen molar-refractivity contribution in [2.45, 2.75) is 24.5 Å². The Kier molecular flexibility index (Phi) is 4.39. The van der Waals surface area contributed by atoms with Crippen LogP contribution in [-0.4, -0.2) is 53.8 Å². The normalized spacial score (nSPS) is 30.3. The second-order valence-corrected chi connectivity index (χ2v) is 7.87. The molecule has 146 valence electrons. The highest BCUT2D eigenvalue weighted by Crippen LogP contribution is 2.54. The Bertz CT molecular complexity index is 834. The Morgan fingerprint density at radius 2 is 2.07 bits per heavy atom. The molecule has 3 saturated heterocycles. The molecule has 1 amide bonds. The van der Waals surface area contributed by atoms with Gasteiger partial charge in [-0.1, -0.05) is 18.2 Å². The zero-order valence-electron chi connectivity index (χ0n) is 15.7. The number of nitrogens with one attached hydrogen (secondary N) is 1. The summed E-state index contributed by atoms with van der Waals surface area (Å²) in [6.45, 7) is 2.36. The lowest BCUT2D eigenvalue weighted by atomic mass is 9.73. The minimum atomic E-state index is -0.111. The Labute approximate surface area is 164 Å². The van der Waals surface area contributed by atoms with Gasteiger partial charge in [-0.05, 0) is 31.0 Å². The van der Waals surface area contributed by atoms with E-state index < -0.39 is 0 Å². The molecular formula is C21H24N4O3. The fourth-order valence-corrected chi connectivity index (χ4v) is 5.02. The van der Waals surface area contributed by atoms with Crippen LogP contribution in [0.5, 0.6) is 5.75 Å². The molecule has 2 aromatic rings. The zero-order chi connectivity index (χ0) is 19.0. The zero-order valence-corrected chi connectivity index (χ0v) is 15.7. The molecule has 0 aliphatic carbocycles. The summed E-state index contributed by atoms with van der Waals surface area (Å²) in [6.07, 6.45) is 5.92. The smallest absolute Gasteiger partial charge is 0.257 e. The van der Waals surface area contributed by atoms with Crippen LogP contribution in [-0.2, 0) is 9.53 Å². The molecule has 4 heterocycles. The van der Waals surface area contributed by atoms with Crippen molar-refractivity contribution < 1.29 is 14.3 Å². The van der Waals surface area contributed by atoms with E-state index >= 15 is 0 Å². The van der Waals surface area contributed by atoms with Crippen molar-refractivity contribution >= 4 is 11.9 Å². The van der Waals surface area contributed by atoms with Crippen molar-refractivity contribution in [1.82, 2.24) is 15.3 Å². The van der Waals surface area contributed by atoms with Gasteiger partial charge in [0.15, 0.2) is 6.61 Å². The van der Waals surface area contributed by atoms with Gasteiger partial charge in [-0.2, -0.15) is 0 Å². The summed E-state index contributed by atoms with van der Waals surface area (Å²) in [5.74, 6) is 2.09. The van der Waals surface area contributed by atoms with Gasteiger partial charge in [0.1, 0.15) is 5.75 Å². The number of hydrogen-bond donors (Lipinski definition) is 1. The SMILES string of the molecule is O=C(COc1ccccc1)NC[C@H]1[C@H]2CN(c3ncccn3)C[C@]23CC[C@H]1O3. The summed E-state index contributed by atoms with van der Waals surface area (Å²) in [7, 11) is 0. The maximum absolute atomic E-state index is 12.2. The average Bonchev–Trinajstić information content (AvgIpc) is 3.41. The first-order valence-electron chi connectivity index (χ1n) is 9.88. The molecule has 7 heteroatoms. The van der Waals surface area contributed by atoms with Gasteiger partial charge in [0.05, 0.1) is 18.2 Å². The molecule has 1 aromatic carbocycles. The van der Waals surface area contributed by atoms with Crippen molar-refractivity contribution in [1.29, 1.82) is 0 Å². The third-order valence-corrected chi connectivity index (χ3v) is 6.27. The van der Waals surface area contributed by atoms with Crippen LogP contribution in [0.2, 0.25) is 0 Å². The molecule has 1 spiro atoms. The van der Waals surface area contributed by atoms with Gasteiger partial charge >= 0.3 is 0 Å². The predicted octanol–water partition coefficient (Wildman–Crippen LogP) is 1.66. The number of amides is 1. The molecule has 0 saturated carbocycles. The summed E-state index contributed by atoms with van der Waals surface area (Å²) in [4.78, 5) is 23.3. The number of aromatic nitrogens is 2. The topological polar surface area (TPSA) is 76.6 Å². The van der Waals surface area contributed by atoms with Gasteiger partial charge in [-0.15, -0.1) is 0 Å². The van der Waals surface area contributed by atoms with E-state index in [0.717, 1.165) is 31.9 Å². The fourth-order valence-electron chi connectivity index (χ4n) is 5.02. The molecule has 7 nitrogen and oxygen atoms in total. The third-order valence-electron chi connectivity index (χ3n) is 6.27. The first-order valence-corrected chi connectivity index (χ1v) is 9.88. The summed E-state index contributed by atoms with van der Waals surface area (Å²) in [5.41, 5.74) is -0.111. The Balaban J connectivity index is 1.19. The third kappa shape index (κ3) is 3.09. The highest BCUT2D eigenvalue weighted by molar-refractivity contribution is 5.77. The van der Waals surface area contributed by atoms with Crippen LogP contribution >= 0.6 is 0 Å². The lowest BCUT2D eigenvalue weighted by Crippen LogP contribution is -2.42. The van der Waals surface area contributed by atoms with Crippen LogP contribution in [0.15, 0.2) is 48.8 Å². The summed E-state index contributed by atoms with van der Waals surface area (Å²) < 4.78 is 12.0. The Morgan fingerprint density at radius 1 is 1.25 bits per heavy atom. The van der Waals surface area contributed by atoms with Crippen LogP contribution < -0.4 is 15.0 Å². The van der Waals surface area contributed by atoms with Gasteiger partial charge in [0.2, 0.25) is 5.95 Å². The largest absolute Gasteiger partial charge is 0.484 e. The van der Waals surface area contributed by atoms with Crippen LogP contribution in [0, 0.1) is 11.8 Å². The summed E-state index contributed by atoms with van der Waals surface area (Å²) >= 11 is 0. The van der Waals surface area contributed by atoms with E-state index in [1.165, 1.54) is 0 Å². The summed E-state index contributed by atoms with van der Waals surface area (Å²) in [6, 6.07) is 11.2. The fraction of sp³-hybridized carbons (Fsp3) is 0.476. The number of hydrogen-bond acceptors (Lipinski definition) is 6. The van der Waals surface area contributed by atoms with Crippen molar-refractivity contribution in [3.63, 3.8) is 0 Å². The number of ether oxygens (including phenoxy) is 2. The molecule has 0 radical (unpaired) electrons. The van der Waals surface area contributed by atoms with Crippen molar-refractivity contribution in [2.24, 2.45) is 11.8 Å². The molecule has 28 heavy (non-hydrogen) atoms. The number of nitrogens with zero attached hydrogens (tertiary/aromatic N) is 3. The quantitative estimate of drug-likeness (QED) is 0.821. The van der Waals surface area contributed by atoms with E-state index in [4.69, 9.17) is 9.47 Å². The van der Waals surface area contributed by atoms with Gasteiger partial charge in [0.25, 0.3) is 5.91 Å². The number of rotatable bonds is 6. The number of fused-ring (bicyclic) bond motifs is 1. The van der Waals surface area contributed by atoms with Gasteiger partial charge in [0, 0.05) is 37.3 Å². The first-order chi connectivity index (χ1) is 13.7. The number of anilines is 1. The Morgan fingerprint density at radius 3 is 2.89 bits per heavy atom. The van der Waals surface area contributed by atoms with Crippen LogP contribution in [0.3, 0.4) is 0 Å². The molecule has 0 unspecified atom stereocenters. The molecule has 1 N–H and O–H groups in total. The molecule has 2 bridgehead atoms. The lowest BCUT2D eigenvalue weighted by molar-refractivity contribution is -0.123. The molecule has 3 fully saturated rings. The standard InChI is InChI=1S/C21H24N4O3/c26-19(13-27-15-5-2-1-3-6-15)24-11-16-17-12-25(20-22-9-4-10-23-20)14-21(17)8-7-18(16)28-21/h1-6,9-10,16-18H,7-8,11-14H2,(H,24,26)/t16-,17+,18+,21+/m0/s1. The average molecular weight is 380 g/mol. The van der Waals surface area contributed by atoms with Crippen LogP contribution in [0.4, 0.5) is 5.95 Å². The minimum Gasteiger partial charge on any atom is -0.484 e. The monoisotopic (exact) mass is 380 g/mol. The van der Waals surface area contributed by atoms with E-state index in [1.54, 1.807) is 12.4 Å². The van der Waals surface area contributed by atoms with E-state index in [2.05, 4.69) is 20.2 Å². The first kappa shape index (κ1) is 17.4. The maximum Gasteiger partial charge on any atom is 0.257 e. The highest BCUT2D eigenvalue weighted by atomic mass is 16.5. The number of benzene rings is 1. The minimum absolute atomic E-state index is 0.0298. The van der Waals surface area contributed by atoms with Gasteiger partial charge < -0.3 is 19.7 Å². The lowest BCUT2D eigenvalue weighted by Gasteiger charge is -2.29. The van der Waals surface area contributed by atoms with Crippen LogP contribution in [0.25, 0.3) is 0 Å². The molecule has 1 aromatic heterocycles. The molecule has 3 aliphatic heterocycles. The van der Waals surface area contributed by atoms with Gasteiger partial charge in [-0.25, -0.2) is 9.97 Å². The van der Waals surface area contributed by atoms with E-state index in [-0.39, 0.29) is 24.2 Å². The van der Waals surface area contributed by atoms with E-state index in [0.29, 0.717) is 24.1 Å². The maximum atomic E-state index is 12.2. The number of carbonyl (C=O) groups is 1. The molecular weight excluding hydrogens is 356 g/mol. The van der Waals surface area contributed by atoms with E-state index in [9.17, 15) is 4.79 Å². The second kappa shape index (κ2) is 7.05. The number of carbonyl (C=O) groups excluding carboxylic acids is 1. The molecule has 4 atom stereocenters. The Hall–Kier alpha value is -2.67. The highest BCUT2D eigenvalue weighted by Gasteiger charge is 2.63. The molecule has 5 rings (SSSR count). The van der Waals surface area contributed by atoms with Gasteiger partial charge in [-0.3, -0.25) is 4.79 Å². The summed E-state index contributed by atoms with van der Waals surface area (Å²) in [5, 5.41) is 3.05. The predicted molar refractivity (Wildman–Crippen MR) is 103 cm³/mol. The van der Waals surface area contributed by atoms with Crippen molar-refractivity contribution in [2.75, 3.05) is 31.1 Å². The van der Waals surface area contributed by atoms with Crippen LogP contribution in [0.1, 0.15) is 12.8 Å². The second-order valence-electron chi connectivity index (χ2n) is 7.87. The van der Waals surface area contributed by atoms with Crippen molar-refractivity contribution in [3.05, 3.63) is 48.8 Å². The molecule has 3 aliphatic rings. The van der Waals surface area contributed by atoms with Crippen molar-refractivity contribution in [3.8, 4) is 5.75 Å². The number of para-hydroxylation sites is 1.